The number of hydrogen-bond donors (Lipinski definition) is 1. The number of benzene rings is 1. The molecule has 1 aromatic carbocycles. The molecule has 7 nitrogen and oxygen atoms in total. The zero-order valence-electron chi connectivity index (χ0n) is 15.1. The van der Waals surface area contributed by atoms with E-state index in [1.807, 2.05) is 13.8 Å². The highest BCUT2D eigenvalue weighted by molar-refractivity contribution is 9.10. The number of ether oxygens (including phenoxy) is 2. The number of sulfonamides is 1. The van der Waals surface area contributed by atoms with Crippen molar-refractivity contribution in [2.24, 2.45) is 5.92 Å². The zero-order valence-corrected chi connectivity index (χ0v) is 18.3. The van der Waals surface area contributed by atoms with Crippen molar-refractivity contribution in [3.05, 3.63) is 16.6 Å². The third-order valence-electron chi connectivity index (χ3n) is 3.85. The minimum absolute atomic E-state index is 0.0410. The molecule has 2 rings (SSSR count). The van der Waals surface area contributed by atoms with Crippen LogP contribution in [0.3, 0.4) is 0 Å². The van der Waals surface area contributed by atoms with Gasteiger partial charge in [0.15, 0.2) is 11.5 Å². The molecule has 0 bridgehead atoms. The molecule has 1 heterocycles. The van der Waals surface area contributed by atoms with Gasteiger partial charge in [0.05, 0.1) is 20.1 Å². The Hall–Kier alpha value is -0.970. The molecule has 1 N–H and O–H groups in total. The molecule has 1 amide bonds. The van der Waals surface area contributed by atoms with Crippen molar-refractivity contribution < 1.29 is 22.7 Å². The first-order chi connectivity index (χ1) is 12.2. The van der Waals surface area contributed by atoms with Crippen LogP contribution in [0.2, 0.25) is 0 Å². The molecule has 1 saturated heterocycles. The lowest BCUT2D eigenvalue weighted by molar-refractivity contribution is -0.123. The van der Waals surface area contributed by atoms with Crippen molar-refractivity contribution in [1.29, 1.82) is 0 Å². The Kier molecular flexibility index (Phi) is 7.23. The average Bonchev–Trinajstić information content (AvgIpc) is 3.09. The van der Waals surface area contributed by atoms with Crippen LogP contribution >= 0.6 is 27.7 Å². The Morgan fingerprint density at radius 3 is 2.54 bits per heavy atom. The summed E-state index contributed by atoms with van der Waals surface area (Å²) in [7, 11) is -0.973. The molecule has 10 heteroatoms. The fourth-order valence-corrected chi connectivity index (χ4v) is 6.60. The fourth-order valence-electron chi connectivity index (χ4n) is 2.45. The topological polar surface area (TPSA) is 84.9 Å². The molecule has 1 atom stereocenters. The molecule has 0 aromatic heterocycles. The average molecular weight is 467 g/mol. The highest BCUT2D eigenvalue weighted by Gasteiger charge is 2.41. The summed E-state index contributed by atoms with van der Waals surface area (Å²) in [5, 5.41) is 2.82. The van der Waals surface area contributed by atoms with E-state index >= 15 is 0 Å². The number of carbonyl (C=O) groups is 1. The Labute approximate surface area is 167 Å². The van der Waals surface area contributed by atoms with Crippen LogP contribution in [0.4, 0.5) is 0 Å². The summed E-state index contributed by atoms with van der Waals surface area (Å²) in [4.78, 5) is 12.5. The van der Waals surface area contributed by atoms with E-state index in [1.165, 1.54) is 36.4 Å². The smallest absolute Gasteiger partial charge is 0.245 e. The second-order valence-electron chi connectivity index (χ2n) is 6.18. The normalized spacial score (nSPS) is 18.2. The van der Waals surface area contributed by atoms with Crippen molar-refractivity contribution in [2.75, 3.05) is 32.4 Å². The van der Waals surface area contributed by atoms with Crippen LogP contribution in [0.15, 0.2) is 21.5 Å². The number of methoxy groups -OCH3 is 2. The van der Waals surface area contributed by atoms with Gasteiger partial charge in [0.1, 0.15) is 10.9 Å². The first-order valence-corrected chi connectivity index (χ1v) is 11.4. The van der Waals surface area contributed by atoms with Gasteiger partial charge in [-0.1, -0.05) is 13.8 Å². The van der Waals surface area contributed by atoms with E-state index in [0.29, 0.717) is 28.3 Å². The fraction of sp³-hybridized carbons (Fsp3) is 0.562. The van der Waals surface area contributed by atoms with Gasteiger partial charge in [0.25, 0.3) is 0 Å². The number of thioether (sulfide) groups is 1. The maximum Gasteiger partial charge on any atom is 0.245 e. The molecule has 1 aliphatic heterocycles. The molecular weight excluding hydrogens is 444 g/mol. The maximum atomic E-state index is 13.2. The van der Waals surface area contributed by atoms with E-state index in [-0.39, 0.29) is 22.6 Å². The number of carbonyl (C=O) groups excluding carboxylic acids is 1. The van der Waals surface area contributed by atoms with Gasteiger partial charge in [-0.05, 0) is 27.9 Å². The second-order valence-corrected chi connectivity index (χ2v) is 9.90. The maximum absolute atomic E-state index is 13.2. The molecule has 0 saturated carbocycles. The van der Waals surface area contributed by atoms with E-state index in [0.717, 1.165) is 0 Å². The molecule has 1 unspecified atom stereocenters. The minimum Gasteiger partial charge on any atom is -0.493 e. The highest BCUT2D eigenvalue weighted by Crippen LogP contribution is 2.38. The molecule has 0 radical (unpaired) electrons. The second kappa shape index (κ2) is 8.81. The van der Waals surface area contributed by atoms with Gasteiger partial charge in [-0.2, -0.15) is 4.31 Å². The number of nitrogens with one attached hydrogen (secondary N) is 1. The summed E-state index contributed by atoms with van der Waals surface area (Å²) >= 11 is 4.70. The van der Waals surface area contributed by atoms with Crippen molar-refractivity contribution in [2.45, 2.75) is 24.8 Å². The van der Waals surface area contributed by atoms with Gasteiger partial charge in [0, 0.05) is 22.8 Å². The summed E-state index contributed by atoms with van der Waals surface area (Å²) in [6, 6.07) is 2.22. The Morgan fingerprint density at radius 2 is 1.96 bits per heavy atom. The quantitative estimate of drug-likeness (QED) is 0.663. The molecule has 26 heavy (non-hydrogen) atoms. The zero-order chi connectivity index (χ0) is 19.5. The van der Waals surface area contributed by atoms with Crippen molar-refractivity contribution in [3.63, 3.8) is 0 Å². The van der Waals surface area contributed by atoms with Gasteiger partial charge >= 0.3 is 0 Å². The number of nitrogens with zero attached hydrogens (tertiary/aromatic N) is 1. The van der Waals surface area contributed by atoms with Crippen LogP contribution < -0.4 is 14.8 Å². The largest absolute Gasteiger partial charge is 0.493 e. The summed E-state index contributed by atoms with van der Waals surface area (Å²) in [5.74, 6) is 1.39. The lowest BCUT2D eigenvalue weighted by atomic mass is 10.2. The van der Waals surface area contributed by atoms with E-state index in [2.05, 4.69) is 21.2 Å². The van der Waals surface area contributed by atoms with E-state index < -0.39 is 16.1 Å². The molecule has 0 spiro atoms. The highest BCUT2D eigenvalue weighted by atomic mass is 79.9. The van der Waals surface area contributed by atoms with Crippen molar-refractivity contribution >= 4 is 43.6 Å². The number of amides is 1. The van der Waals surface area contributed by atoms with Crippen LogP contribution in [-0.4, -0.2) is 57.1 Å². The number of hydrogen-bond acceptors (Lipinski definition) is 6. The van der Waals surface area contributed by atoms with E-state index in [4.69, 9.17) is 9.47 Å². The predicted octanol–water partition coefficient (Wildman–Crippen LogP) is 2.30. The molecule has 146 valence electrons. The summed E-state index contributed by atoms with van der Waals surface area (Å²) in [5.41, 5.74) is 0. The summed E-state index contributed by atoms with van der Waals surface area (Å²) < 4.78 is 38.4. The third kappa shape index (κ3) is 4.47. The van der Waals surface area contributed by atoms with Crippen LogP contribution in [0, 0.1) is 5.92 Å². The molecule has 0 aliphatic carbocycles. The van der Waals surface area contributed by atoms with Crippen LogP contribution in [0.1, 0.15) is 13.8 Å². The minimum atomic E-state index is -3.89. The first-order valence-electron chi connectivity index (χ1n) is 8.01. The van der Waals surface area contributed by atoms with Crippen LogP contribution in [0.5, 0.6) is 11.5 Å². The lowest BCUT2D eigenvalue weighted by Gasteiger charge is -2.24. The van der Waals surface area contributed by atoms with Crippen molar-refractivity contribution in [3.8, 4) is 11.5 Å². The molecule has 1 fully saturated rings. The SMILES string of the molecule is COc1cc(Br)c(S(=O)(=O)N2CSCC2C(=O)NCC(C)C)cc1OC. The molecule has 1 aromatic rings. The van der Waals surface area contributed by atoms with Crippen molar-refractivity contribution in [1.82, 2.24) is 9.62 Å². The van der Waals surface area contributed by atoms with Gasteiger partial charge < -0.3 is 14.8 Å². The standard InChI is InChI=1S/C16H23BrN2O5S2/c1-10(2)7-18-16(20)12-8-25-9-19(12)26(21,22)15-6-14(24-4)13(23-3)5-11(15)17/h5-6,10,12H,7-9H2,1-4H3,(H,18,20). The lowest BCUT2D eigenvalue weighted by Crippen LogP contribution is -2.47. The Bertz CT molecular complexity index is 770. The Morgan fingerprint density at radius 1 is 1.35 bits per heavy atom. The van der Waals surface area contributed by atoms with Gasteiger partial charge in [0.2, 0.25) is 15.9 Å². The predicted molar refractivity (Wildman–Crippen MR) is 105 cm³/mol. The van der Waals surface area contributed by atoms with Crippen LogP contribution in [-0.2, 0) is 14.8 Å². The molecular formula is C16H23BrN2O5S2. The number of rotatable bonds is 7. The van der Waals surface area contributed by atoms with E-state index in [1.54, 1.807) is 6.07 Å². The third-order valence-corrected chi connectivity index (χ3v) is 7.84. The Balaban J connectivity index is 2.35. The molecule has 1 aliphatic rings. The summed E-state index contributed by atoms with van der Waals surface area (Å²) in [6.07, 6.45) is 0. The van der Waals surface area contributed by atoms with Crippen LogP contribution in [0.25, 0.3) is 0 Å². The number of halogens is 1. The van der Waals surface area contributed by atoms with Gasteiger partial charge in [-0.25, -0.2) is 8.42 Å². The van der Waals surface area contributed by atoms with E-state index in [9.17, 15) is 13.2 Å². The summed E-state index contributed by atoms with van der Waals surface area (Å²) in [6.45, 7) is 4.48. The monoisotopic (exact) mass is 466 g/mol. The first kappa shape index (κ1) is 21.3. The van der Waals surface area contributed by atoms with Gasteiger partial charge in [-0.15, -0.1) is 11.8 Å². The van der Waals surface area contributed by atoms with Gasteiger partial charge in [-0.3, -0.25) is 4.79 Å².